The van der Waals surface area contributed by atoms with Crippen molar-refractivity contribution in [3.8, 4) is 0 Å². The molecule has 0 saturated carbocycles. The van der Waals surface area contributed by atoms with Gasteiger partial charge in [-0.05, 0) is 24.6 Å². The van der Waals surface area contributed by atoms with Gasteiger partial charge in [0.15, 0.2) is 5.03 Å². The third-order valence-corrected chi connectivity index (χ3v) is 5.94. The highest BCUT2D eigenvalue weighted by Gasteiger charge is 2.36. The fourth-order valence-electron chi connectivity index (χ4n) is 2.85. The number of nitrogens with zero attached hydrogens (tertiary/aromatic N) is 3. The van der Waals surface area contributed by atoms with Crippen LogP contribution in [0.3, 0.4) is 0 Å². The molecule has 1 aromatic carbocycles. The molecule has 1 unspecified atom stereocenters. The molecule has 1 aliphatic rings. The van der Waals surface area contributed by atoms with E-state index in [1.54, 1.807) is 16.7 Å². The molecule has 132 valence electrons. The molecule has 1 fully saturated rings. The third kappa shape index (κ3) is 3.46. The number of imidazole rings is 1. The van der Waals surface area contributed by atoms with Crippen molar-refractivity contribution >= 4 is 22.4 Å². The van der Waals surface area contributed by atoms with E-state index in [9.17, 15) is 12.8 Å². The number of nitrogens with one attached hydrogen (secondary N) is 1. The molecule has 1 aromatic heterocycles. The lowest BCUT2D eigenvalue weighted by Crippen LogP contribution is -2.48. The number of rotatable bonds is 4. The van der Waals surface area contributed by atoms with Crippen LogP contribution in [0.4, 0.5) is 4.39 Å². The van der Waals surface area contributed by atoms with Crippen LogP contribution in [0.1, 0.15) is 18.5 Å². The van der Waals surface area contributed by atoms with Crippen molar-refractivity contribution in [1.82, 2.24) is 19.2 Å². The lowest BCUT2D eigenvalue weighted by atomic mass is 10.1. The smallest absolute Gasteiger partial charge is 0.260 e. The highest BCUT2D eigenvalue weighted by Crippen LogP contribution is 2.29. The molecule has 2 aromatic rings. The maximum Gasteiger partial charge on any atom is 0.260 e. The van der Waals surface area contributed by atoms with Gasteiger partial charge in [-0.2, -0.15) is 4.31 Å². The van der Waals surface area contributed by atoms with Crippen LogP contribution in [0.25, 0.3) is 0 Å². The van der Waals surface area contributed by atoms with Gasteiger partial charge in [0.1, 0.15) is 5.82 Å². The van der Waals surface area contributed by atoms with E-state index in [1.165, 1.54) is 29.0 Å². The first-order valence-electron chi connectivity index (χ1n) is 7.52. The number of sulfonamides is 1. The maximum absolute atomic E-state index is 13.5. The summed E-state index contributed by atoms with van der Waals surface area (Å²) in [5, 5.41) is 3.35. The lowest BCUT2D eigenvalue weighted by Gasteiger charge is -2.35. The number of aryl methyl sites for hydroxylation is 1. The van der Waals surface area contributed by atoms with Crippen molar-refractivity contribution in [2.75, 3.05) is 19.6 Å². The van der Waals surface area contributed by atoms with Gasteiger partial charge in [-0.3, -0.25) is 0 Å². The Morgan fingerprint density at radius 1 is 1.42 bits per heavy atom. The highest BCUT2D eigenvalue weighted by molar-refractivity contribution is 7.89. The predicted molar refractivity (Wildman–Crippen MR) is 91.1 cm³/mol. The van der Waals surface area contributed by atoms with Crippen molar-refractivity contribution < 1.29 is 12.8 Å². The summed E-state index contributed by atoms with van der Waals surface area (Å²) in [4.78, 5) is 3.95. The first-order valence-corrected chi connectivity index (χ1v) is 8.96. The Kier molecular flexibility index (Phi) is 5.97. The fourth-order valence-corrected chi connectivity index (χ4v) is 4.62. The summed E-state index contributed by atoms with van der Waals surface area (Å²) in [7, 11) is -3.70. The third-order valence-electron chi connectivity index (χ3n) is 4.02. The summed E-state index contributed by atoms with van der Waals surface area (Å²) in [6.45, 7) is 3.72. The Hall–Kier alpha value is -1.48. The minimum atomic E-state index is -3.70. The van der Waals surface area contributed by atoms with E-state index in [1.807, 2.05) is 6.92 Å². The zero-order valence-corrected chi connectivity index (χ0v) is 14.9. The number of aromatic nitrogens is 2. The van der Waals surface area contributed by atoms with Crippen molar-refractivity contribution in [3.05, 3.63) is 48.2 Å². The van der Waals surface area contributed by atoms with E-state index in [0.717, 1.165) is 0 Å². The van der Waals surface area contributed by atoms with Gasteiger partial charge >= 0.3 is 0 Å². The summed E-state index contributed by atoms with van der Waals surface area (Å²) < 4.78 is 42.6. The largest absolute Gasteiger partial charge is 0.321 e. The van der Waals surface area contributed by atoms with E-state index < -0.39 is 16.1 Å². The molecule has 3 rings (SSSR count). The van der Waals surface area contributed by atoms with E-state index in [-0.39, 0.29) is 23.3 Å². The predicted octanol–water partition coefficient (Wildman–Crippen LogP) is 1.80. The summed E-state index contributed by atoms with van der Waals surface area (Å²) >= 11 is 0. The Balaban J connectivity index is 0.00000208. The molecule has 1 N–H and O–H groups in total. The quantitative estimate of drug-likeness (QED) is 0.886. The molecule has 1 atom stereocenters. The van der Waals surface area contributed by atoms with Crippen LogP contribution in [0.5, 0.6) is 0 Å². The van der Waals surface area contributed by atoms with Crippen LogP contribution in [-0.2, 0) is 16.6 Å². The van der Waals surface area contributed by atoms with Crippen LogP contribution < -0.4 is 5.32 Å². The van der Waals surface area contributed by atoms with Crippen LogP contribution in [0.2, 0.25) is 0 Å². The Bertz CT molecular complexity index is 796. The molecular formula is C15H20ClFN4O2S. The normalized spacial score (nSPS) is 19.0. The summed E-state index contributed by atoms with van der Waals surface area (Å²) in [5.74, 6) is -0.371. The number of hydrogen-bond acceptors (Lipinski definition) is 4. The average molecular weight is 375 g/mol. The van der Waals surface area contributed by atoms with Crippen LogP contribution in [0, 0.1) is 5.82 Å². The second kappa shape index (κ2) is 7.60. The van der Waals surface area contributed by atoms with Crippen molar-refractivity contribution in [1.29, 1.82) is 0 Å². The van der Waals surface area contributed by atoms with E-state index >= 15 is 0 Å². The molecule has 24 heavy (non-hydrogen) atoms. The highest BCUT2D eigenvalue weighted by atomic mass is 35.5. The summed E-state index contributed by atoms with van der Waals surface area (Å²) in [5.41, 5.74) is 0.642. The van der Waals surface area contributed by atoms with Gasteiger partial charge < -0.3 is 9.88 Å². The minimum Gasteiger partial charge on any atom is -0.321 e. The fraction of sp³-hybridized carbons (Fsp3) is 0.400. The zero-order valence-electron chi connectivity index (χ0n) is 13.2. The molecule has 0 aliphatic carbocycles. The average Bonchev–Trinajstić information content (AvgIpc) is 3.04. The first kappa shape index (κ1) is 18.9. The number of piperazine rings is 1. The topological polar surface area (TPSA) is 67.2 Å². The number of hydrogen-bond donors (Lipinski definition) is 1. The van der Waals surface area contributed by atoms with Crippen molar-refractivity contribution in [3.63, 3.8) is 0 Å². The molecular weight excluding hydrogens is 355 g/mol. The lowest BCUT2D eigenvalue weighted by molar-refractivity contribution is 0.269. The molecule has 0 radical (unpaired) electrons. The molecule has 1 saturated heterocycles. The molecule has 9 heteroatoms. The van der Waals surface area contributed by atoms with E-state index in [4.69, 9.17) is 0 Å². The molecule has 6 nitrogen and oxygen atoms in total. The standard InChI is InChI=1S/C15H19FN4O2S.ClH/c1-2-19-11-18-10-15(19)23(21,22)20-7-6-17-9-14(20)12-4-3-5-13(16)8-12;/h3-5,8,10-11,14,17H,2,6-7,9H2,1H3;1H. The molecule has 0 amide bonds. The molecule has 0 bridgehead atoms. The van der Waals surface area contributed by atoms with Crippen LogP contribution in [0.15, 0.2) is 41.8 Å². The van der Waals surface area contributed by atoms with Gasteiger partial charge in [0.05, 0.1) is 18.6 Å². The summed E-state index contributed by atoms with van der Waals surface area (Å²) in [6, 6.07) is 5.65. The second-order valence-electron chi connectivity index (χ2n) is 5.41. The van der Waals surface area contributed by atoms with Gasteiger partial charge in [-0.1, -0.05) is 12.1 Å². The van der Waals surface area contributed by atoms with Gasteiger partial charge in [0.25, 0.3) is 10.0 Å². The van der Waals surface area contributed by atoms with E-state index in [2.05, 4.69) is 10.3 Å². The van der Waals surface area contributed by atoms with Crippen molar-refractivity contribution in [2.45, 2.75) is 24.5 Å². The van der Waals surface area contributed by atoms with Crippen LogP contribution >= 0.6 is 12.4 Å². The molecule has 1 aliphatic heterocycles. The number of halogens is 2. The van der Waals surface area contributed by atoms with Crippen LogP contribution in [-0.4, -0.2) is 41.9 Å². The number of benzene rings is 1. The van der Waals surface area contributed by atoms with Crippen molar-refractivity contribution in [2.24, 2.45) is 0 Å². The molecule has 0 spiro atoms. The molecule has 2 heterocycles. The Labute approximate surface area is 147 Å². The Morgan fingerprint density at radius 2 is 2.21 bits per heavy atom. The van der Waals surface area contributed by atoms with Gasteiger partial charge in [0.2, 0.25) is 0 Å². The monoisotopic (exact) mass is 374 g/mol. The maximum atomic E-state index is 13.5. The minimum absolute atomic E-state index is 0. The van der Waals surface area contributed by atoms with E-state index in [0.29, 0.717) is 31.7 Å². The second-order valence-corrected chi connectivity index (χ2v) is 7.25. The van der Waals surface area contributed by atoms with Gasteiger partial charge in [-0.25, -0.2) is 17.8 Å². The van der Waals surface area contributed by atoms with Gasteiger partial charge in [-0.15, -0.1) is 12.4 Å². The first-order chi connectivity index (χ1) is 11.0. The SMILES string of the molecule is CCn1cncc1S(=O)(=O)N1CCNCC1c1cccc(F)c1.Cl. The zero-order chi connectivity index (χ0) is 16.4. The summed E-state index contributed by atoms with van der Waals surface area (Å²) in [6.07, 6.45) is 2.87. The van der Waals surface area contributed by atoms with Gasteiger partial charge in [0, 0.05) is 26.2 Å². The Morgan fingerprint density at radius 3 is 2.92 bits per heavy atom.